The van der Waals surface area contributed by atoms with Crippen LogP contribution in [0.5, 0.6) is 5.75 Å². The Morgan fingerprint density at radius 1 is 1.19 bits per heavy atom. The topological polar surface area (TPSA) is 70.7 Å². The fourth-order valence-corrected chi connectivity index (χ4v) is 2.93. The summed E-state index contributed by atoms with van der Waals surface area (Å²) in [5.41, 5.74) is 0.356. The summed E-state index contributed by atoms with van der Waals surface area (Å²) in [6.45, 7) is 9.43. The van der Waals surface area contributed by atoms with Gasteiger partial charge in [0.25, 0.3) is 5.91 Å². The summed E-state index contributed by atoms with van der Waals surface area (Å²) in [6, 6.07) is 6.37. The number of nitrogens with zero attached hydrogens (tertiary/aromatic N) is 1. The van der Waals surface area contributed by atoms with Crippen LogP contribution in [0, 0.1) is 11.3 Å². The third kappa shape index (κ3) is 6.67. The van der Waals surface area contributed by atoms with E-state index in [1.807, 2.05) is 27.9 Å². The third-order valence-corrected chi connectivity index (χ3v) is 4.07. The van der Waals surface area contributed by atoms with E-state index in [0.29, 0.717) is 17.9 Å². The SMILES string of the molecule is COc1ccccc1C(=O)NC(C(=O)NCC(C)(C)CN(C)C)C(C)C. The van der Waals surface area contributed by atoms with Crippen molar-refractivity contribution in [1.82, 2.24) is 15.5 Å². The van der Waals surface area contributed by atoms with Crippen LogP contribution < -0.4 is 15.4 Å². The van der Waals surface area contributed by atoms with Crippen molar-refractivity contribution in [3.05, 3.63) is 29.8 Å². The number of rotatable bonds is 9. The van der Waals surface area contributed by atoms with Gasteiger partial charge in [-0.3, -0.25) is 9.59 Å². The maximum atomic E-state index is 12.7. The molecule has 1 unspecified atom stereocenters. The number of ether oxygens (including phenoxy) is 1. The van der Waals surface area contributed by atoms with Crippen molar-refractivity contribution in [1.29, 1.82) is 0 Å². The van der Waals surface area contributed by atoms with Gasteiger partial charge >= 0.3 is 0 Å². The van der Waals surface area contributed by atoms with Gasteiger partial charge in [0.15, 0.2) is 0 Å². The van der Waals surface area contributed by atoms with Crippen LogP contribution in [-0.4, -0.2) is 57.1 Å². The van der Waals surface area contributed by atoms with Crippen LogP contribution >= 0.6 is 0 Å². The number of methoxy groups -OCH3 is 1. The fraction of sp³-hybridized carbons (Fsp3) is 0.600. The Morgan fingerprint density at radius 2 is 1.81 bits per heavy atom. The minimum absolute atomic E-state index is 0.0365. The van der Waals surface area contributed by atoms with E-state index in [2.05, 4.69) is 29.4 Å². The zero-order chi connectivity index (χ0) is 19.9. The second-order valence-corrected chi connectivity index (χ2v) is 8.02. The number of carbonyl (C=O) groups is 2. The highest BCUT2D eigenvalue weighted by Gasteiger charge is 2.27. The lowest BCUT2D eigenvalue weighted by molar-refractivity contribution is -0.124. The Bertz CT molecular complexity index is 612. The highest BCUT2D eigenvalue weighted by Crippen LogP contribution is 2.18. The molecule has 0 aromatic heterocycles. The van der Waals surface area contributed by atoms with Crippen molar-refractivity contribution in [3.8, 4) is 5.75 Å². The number of amides is 2. The standard InChI is InChI=1S/C20H33N3O3/c1-14(2)17(19(25)21-12-20(3,4)13-23(5)6)22-18(24)15-10-8-9-11-16(15)26-7/h8-11,14,17H,12-13H2,1-7H3,(H,21,25)(H,22,24). The van der Waals surface area contributed by atoms with Crippen molar-refractivity contribution in [3.63, 3.8) is 0 Å². The second kappa shape index (κ2) is 9.57. The van der Waals surface area contributed by atoms with Crippen molar-refractivity contribution in [2.75, 3.05) is 34.3 Å². The minimum atomic E-state index is -0.609. The Balaban J connectivity index is 2.79. The molecule has 146 valence electrons. The molecule has 0 aliphatic carbocycles. The van der Waals surface area contributed by atoms with Crippen LogP contribution in [0.25, 0.3) is 0 Å². The van der Waals surface area contributed by atoms with Crippen molar-refractivity contribution in [2.45, 2.75) is 33.7 Å². The molecule has 0 heterocycles. The summed E-state index contributed by atoms with van der Waals surface area (Å²) in [7, 11) is 5.54. The summed E-state index contributed by atoms with van der Waals surface area (Å²) in [5.74, 6) is -0.0374. The number of hydrogen-bond acceptors (Lipinski definition) is 4. The quantitative estimate of drug-likeness (QED) is 0.705. The maximum Gasteiger partial charge on any atom is 0.255 e. The van der Waals surface area contributed by atoms with Crippen molar-refractivity contribution < 1.29 is 14.3 Å². The van der Waals surface area contributed by atoms with Crippen LogP contribution in [0.15, 0.2) is 24.3 Å². The van der Waals surface area contributed by atoms with Crippen molar-refractivity contribution >= 4 is 11.8 Å². The molecule has 0 aliphatic rings. The van der Waals surface area contributed by atoms with E-state index in [1.54, 1.807) is 24.3 Å². The number of hydrogen-bond donors (Lipinski definition) is 2. The average molecular weight is 364 g/mol. The summed E-state index contributed by atoms with van der Waals surface area (Å²) >= 11 is 0. The number of benzene rings is 1. The van der Waals surface area contributed by atoms with Gasteiger partial charge in [0.1, 0.15) is 11.8 Å². The van der Waals surface area contributed by atoms with E-state index >= 15 is 0 Å². The van der Waals surface area contributed by atoms with E-state index in [0.717, 1.165) is 6.54 Å². The molecule has 0 aliphatic heterocycles. The molecule has 1 aromatic rings. The lowest BCUT2D eigenvalue weighted by Crippen LogP contribution is -2.52. The van der Waals surface area contributed by atoms with Gasteiger partial charge in [0.05, 0.1) is 12.7 Å². The van der Waals surface area contributed by atoms with E-state index < -0.39 is 6.04 Å². The molecule has 0 bridgehead atoms. The summed E-state index contributed by atoms with van der Waals surface area (Å²) in [5, 5.41) is 5.83. The van der Waals surface area contributed by atoms with Gasteiger partial charge in [-0.25, -0.2) is 0 Å². The van der Waals surface area contributed by atoms with Gasteiger partial charge in [-0.05, 0) is 37.6 Å². The summed E-state index contributed by atoms with van der Waals surface area (Å²) in [6.07, 6.45) is 0. The molecule has 2 N–H and O–H groups in total. The molecule has 6 heteroatoms. The molecular weight excluding hydrogens is 330 g/mol. The van der Waals surface area contributed by atoms with Crippen molar-refractivity contribution in [2.24, 2.45) is 11.3 Å². The van der Waals surface area contributed by atoms with Crippen LogP contribution in [-0.2, 0) is 4.79 Å². The smallest absolute Gasteiger partial charge is 0.255 e. The molecule has 0 saturated heterocycles. The van der Waals surface area contributed by atoms with E-state index in [9.17, 15) is 9.59 Å². The summed E-state index contributed by atoms with van der Waals surface area (Å²) in [4.78, 5) is 27.4. The van der Waals surface area contributed by atoms with Gasteiger partial charge in [0, 0.05) is 13.1 Å². The Morgan fingerprint density at radius 3 is 2.35 bits per heavy atom. The monoisotopic (exact) mass is 363 g/mol. The molecule has 0 radical (unpaired) electrons. The van der Waals surface area contributed by atoms with E-state index in [1.165, 1.54) is 7.11 Å². The van der Waals surface area contributed by atoms with Crippen LogP contribution in [0.1, 0.15) is 38.1 Å². The van der Waals surface area contributed by atoms with E-state index in [-0.39, 0.29) is 23.1 Å². The molecule has 1 aromatic carbocycles. The normalized spacial score (nSPS) is 12.8. The highest BCUT2D eigenvalue weighted by atomic mass is 16.5. The molecule has 26 heavy (non-hydrogen) atoms. The van der Waals surface area contributed by atoms with Gasteiger partial charge < -0.3 is 20.3 Å². The molecule has 1 atom stereocenters. The lowest BCUT2D eigenvalue weighted by atomic mass is 9.92. The van der Waals surface area contributed by atoms with Gasteiger partial charge in [0.2, 0.25) is 5.91 Å². The maximum absolute atomic E-state index is 12.7. The molecule has 0 spiro atoms. The predicted molar refractivity (Wildman–Crippen MR) is 104 cm³/mol. The zero-order valence-corrected chi connectivity index (χ0v) is 17.1. The number of nitrogens with one attached hydrogen (secondary N) is 2. The van der Waals surface area contributed by atoms with Crippen LogP contribution in [0.4, 0.5) is 0 Å². The molecule has 0 saturated carbocycles. The highest BCUT2D eigenvalue weighted by molar-refractivity contribution is 5.99. The summed E-state index contributed by atoms with van der Waals surface area (Å²) < 4.78 is 5.23. The first kappa shape index (κ1) is 22.0. The van der Waals surface area contributed by atoms with Gasteiger partial charge in [-0.15, -0.1) is 0 Å². The molecule has 6 nitrogen and oxygen atoms in total. The van der Waals surface area contributed by atoms with Gasteiger partial charge in [-0.2, -0.15) is 0 Å². The molecule has 1 rings (SSSR count). The Hall–Kier alpha value is -2.08. The fourth-order valence-electron chi connectivity index (χ4n) is 2.93. The lowest BCUT2D eigenvalue weighted by Gasteiger charge is -2.30. The first-order valence-electron chi connectivity index (χ1n) is 8.93. The largest absolute Gasteiger partial charge is 0.496 e. The average Bonchev–Trinajstić information content (AvgIpc) is 2.56. The third-order valence-electron chi connectivity index (χ3n) is 4.07. The first-order valence-corrected chi connectivity index (χ1v) is 8.93. The first-order chi connectivity index (χ1) is 12.1. The molecule has 2 amide bonds. The van der Waals surface area contributed by atoms with Crippen LogP contribution in [0.2, 0.25) is 0 Å². The second-order valence-electron chi connectivity index (χ2n) is 8.02. The Kier molecular flexibility index (Phi) is 8.08. The van der Waals surface area contributed by atoms with Crippen LogP contribution in [0.3, 0.4) is 0 Å². The molecule has 0 fully saturated rings. The van der Waals surface area contributed by atoms with E-state index in [4.69, 9.17) is 4.74 Å². The predicted octanol–water partition coefficient (Wildman–Crippen LogP) is 2.15. The number of para-hydroxylation sites is 1. The Labute approximate surface area is 157 Å². The minimum Gasteiger partial charge on any atom is -0.496 e. The molecular formula is C20H33N3O3. The van der Waals surface area contributed by atoms with Gasteiger partial charge in [-0.1, -0.05) is 39.8 Å². The zero-order valence-electron chi connectivity index (χ0n) is 17.1. The number of carbonyl (C=O) groups excluding carboxylic acids is 2.